The van der Waals surface area contributed by atoms with E-state index in [1.54, 1.807) is 6.07 Å². The van der Waals surface area contributed by atoms with Gasteiger partial charge in [-0.05, 0) is 56.6 Å². The fourth-order valence-corrected chi connectivity index (χ4v) is 4.29. The van der Waals surface area contributed by atoms with Crippen LogP contribution < -0.4 is 10.1 Å². The van der Waals surface area contributed by atoms with Crippen LogP contribution in [0.4, 0.5) is 22.0 Å². The second-order valence-corrected chi connectivity index (χ2v) is 8.28. The van der Waals surface area contributed by atoms with E-state index in [-0.39, 0.29) is 5.88 Å². The molecule has 2 heterocycles. The molecule has 3 rings (SSSR count). The highest BCUT2D eigenvalue weighted by molar-refractivity contribution is 5.81. The van der Waals surface area contributed by atoms with Crippen LogP contribution in [0.2, 0.25) is 0 Å². The molecule has 1 N–H and O–H groups in total. The number of aromatic nitrogens is 1. The zero-order valence-corrected chi connectivity index (χ0v) is 17.3. The van der Waals surface area contributed by atoms with Gasteiger partial charge < -0.3 is 15.0 Å². The first-order valence-corrected chi connectivity index (χ1v) is 10.7. The number of carbonyl (C=O) groups excluding carboxylic acids is 1. The van der Waals surface area contributed by atoms with Crippen molar-refractivity contribution < 1.29 is 31.5 Å². The number of nitrogens with zero attached hydrogens (tertiary/aromatic N) is 2. The highest BCUT2D eigenvalue weighted by Gasteiger charge is 2.40. The van der Waals surface area contributed by atoms with E-state index in [0.29, 0.717) is 18.8 Å². The lowest BCUT2D eigenvalue weighted by molar-refractivity contribution is -0.174. The molecule has 5 nitrogen and oxygen atoms in total. The monoisotopic (exact) mass is 449 g/mol. The minimum absolute atomic E-state index is 0.224. The van der Waals surface area contributed by atoms with Gasteiger partial charge in [0.15, 0.2) is 6.61 Å². The van der Waals surface area contributed by atoms with E-state index in [1.165, 1.54) is 0 Å². The molecule has 2 aliphatic rings. The molecule has 31 heavy (non-hydrogen) atoms. The Morgan fingerprint density at radius 1 is 1.16 bits per heavy atom. The normalized spacial score (nSPS) is 22.6. The maximum Gasteiger partial charge on any atom is 0.471 e. The van der Waals surface area contributed by atoms with Gasteiger partial charge in [-0.1, -0.05) is 6.07 Å². The molecule has 1 aromatic rings. The third-order valence-corrected chi connectivity index (χ3v) is 6.06. The largest absolute Gasteiger partial charge is 0.472 e. The van der Waals surface area contributed by atoms with E-state index in [9.17, 15) is 26.7 Å². The molecule has 0 bridgehead atoms. The number of pyridine rings is 1. The molecule has 174 valence electrons. The molecule has 1 fully saturated rings. The van der Waals surface area contributed by atoms with Crippen molar-refractivity contribution in [3.8, 4) is 5.88 Å². The summed E-state index contributed by atoms with van der Waals surface area (Å²) in [5.41, 5.74) is 1.99. The van der Waals surface area contributed by atoms with Gasteiger partial charge in [-0.3, -0.25) is 4.79 Å². The van der Waals surface area contributed by atoms with Gasteiger partial charge in [-0.15, -0.1) is 0 Å². The highest BCUT2D eigenvalue weighted by Crippen LogP contribution is 2.28. The predicted molar refractivity (Wildman–Crippen MR) is 104 cm³/mol. The van der Waals surface area contributed by atoms with Crippen LogP contribution >= 0.6 is 0 Å². The van der Waals surface area contributed by atoms with Gasteiger partial charge in [0.25, 0.3) is 6.43 Å². The minimum Gasteiger partial charge on any atom is -0.472 e. The Morgan fingerprint density at radius 3 is 2.55 bits per heavy atom. The number of rotatable bonds is 7. The lowest BCUT2D eigenvalue weighted by Gasteiger charge is -2.30. The first kappa shape index (κ1) is 23.7. The van der Waals surface area contributed by atoms with E-state index in [1.807, 2.05) is 6.07 Å². The molecule has 0 aromatic carbocycles. The summed E-state index contributed by atoms with van der Waals surface area (Å²) in [6, 6.07) is 3.13. The number of amides is 1. The van der Waals surface area contributed by atoms with Crippen LogP contribution in [0.3, 0.4) is 0 Å². The molecule has 0 saturated heterocycles. The Kier molecular flexibility index (Phi) is 8.07. The lowest BCUT2D eigenvalue weighted by Crippen LogP contribution is -2.44. The van der Waals surface area contributed by atoms with Gasteiger partial charge in [-0.2, -0.15) is 13.2 Å². The van der Waals surface area contributed by atoms with E-state index in [4.69, 9.17) is 4.74 Å². The first-order valence-electron chi connectivity index (χ1n) is 10.7. The topological polar surface area (TPSA) is 54.5 Å². The molecule has 1 aromatic heterocycles. The number of alkyl halides is 5. The van der Waals surface area contributed by atoms with Crippen LogP contribution in [0, 0.1) is 5.92 Å². The number of carbonyl (C=O) groups is 1. The number of ether oxygens (including phenoxy) is 1. The average molecular weight is 449 g/mol. The summed E-state index contributed by atoms with van der Waals surface area (Å²) >= 11 is 0. The van der Waals surface area contributed by atoms with Gasteiger partial charge in [-0.25, -0.2) is 13.8 Å². The van der Waals surface area contributed by atoms with Gasteiger partial charge in [0.05, 0.1) is 0 Å². The smallest absolute Gasteiger partial charge is 0.471 e. The van der Waals surface area contributed by atoms with E-state index < -0.39 is 31.2 Å². The van der Waals surface area contributed by atoms with Gasteiger partial charge in [0, 0.05) is 37.3 Å². The summed E-state index contributed by atoms with van der Waals surface area (Å²) < 4.78 is 66.8. The average Bonchev–Trinajstić information content (AvgIpc) is 2.93. The minimum atomic E-state index is -4.83. The van der Waals surface area contributed by atoms with Crippen molar-refractivity contribution in [3.63, 3.8) is 0 Å². The van der Waals surface area contributed by atoms with Crippen LogP contribution in [0.5, 0.6) is 5.88 Å². The second kappa shape index (κ2) is 10.6. The van der Waals surface area contributed by atoms with Gasteiger partial charge in [0.1, 0.15) is 0 Å². The summed E-state index contributed by atoms with van der Waals surface area (Å²) in [4.78, 5) is 17.8. The Morgan fingerprint density at radius 2 is 1.87 bits per heavy atom. The molecular formula is C21H28F5N3O2. The highest BCUT2D eigenvalue weighted by atomic mass is 19.4. The summed E-state index contributed by atoms with van der Waals surface area (Å²) in [6.07, 6.45) is -2.09. The maximum atomic E-state index is 12.4. The number of hydrogen-bond acceptors (Lipinski definition) is 4. The second-order valence-electron chi connectivity index (χ2n) is 8.28. The van der Waals surface area contributed by atoms with Crippen LogP contribution in [-0.4, -0.2) is 60.7 Å². The fraction of sp³-hybridized carbons (Fsp3) is 0.714. The van der Waals surface area contributed by atoms with Crippen molar-refractivity contribution in [2.45, 2.75) is 63.6 Å². The van der Waals surface area contributed by atoms with Crippen molar-refractivity contribution in [2.75, 3.05) is 26.2 Å². The van der Waals surface area contributed by atoms with E-state index >= 15 is 0 Å². The maximum absolute atomic E-state index is 12.4. The van der Waals surface area contributed by atoms with Crippen LogP contribution in [-0.2, 0) is 17.6 Å². The summed E-state index contributed by atoms with van der Waals surface area (Å²) in [5.74, 6) is -1.18. The SMILES string of the molecule is O=C(NC1CCC(CCN2CCc3ccc(OCC(F)F)nc3CC2)CC1)C(F)(F)F. The van der Waals surface area contributed by atoms with Gasteiger partial charge >= 0.3 is 12.1 Å². The van der Waals surface area contributed by atoms with Crippen molar-refractivity contribution in [1.82, 2.24) is 15.2 Å². The van der Waals surface area contributed by atoms with Crippen LogP contribution in [0.1, 0.15) is 43.4 Å². The quantitative estimate of drug-likeness (QED) is 0.645. The van der Waals surface area contributed by atoms with Gasteiger partial charge in [0.2, 0.25) is 5.88 Å². The van der Waals surface area contributed by atoms with E-state index in [0.717, 1.165) is 63.0 Å². The van der Waals surface area contributed by atoms with Crippen molar-refractivity contribution >= 4 is 5.91 Å². The zero-order chi connectivity index (χ0) is 22.4. The molecule has 0 unspecified atom stereocenters. The molecule has 0 atom stereocenters. The number of nitrogens with one attached hydrogen (secondary N) is 1. The first-order chi connectivity index (χ1) is 14.7. The van der Waals surface area contributed by atoms with Crippen LogP contribution in [0.25, 0.3) is 0 Å². The third-order valence-electron chi connectivity index (χ3n) is 6.06. The Bertz CT molecular complexity index is 736. The van der Waals surface area contributed by atoms with Crippen molar-refractivity contribution in [2.24, 2.45) is 5.92 Å². The zero-order valence-electron chi connectivity index (χ0n) is 17.3. The standard InChI is InChI=1S/C21H28F5N3O2/c22-18(23)13-31-19-6-3-15-8-11-29(12-9-17(15)28-19)10-7-14-1-4-16(5-2-14)27-20(30)21(24,25)26/h3,6,14,16,18H,1-2,4-5,7-13H2,(H,27,30). The lowest BCUT2D eigenvalue weighted by atomic mass is 9.84. The van der Waals surface area contributed by atoms with Crippen LogP contribution in [0.15, 0.2) is 12.1 Å². The molecule has 1 amide bonds. The Balaban J connectivity index is 1.40. The molecule has 10 heteroatoms. The van der Waals surface area contributed by atoms with Crippen molar-refractivity contribution in [3.05, 3.63) is 23.4 Å². The van der Waals surface area contributed by atoms with E-state index in [2.05, 4.69) is 15.2 Å². The third kappa shape index (κ3) is 7.29. The fourth-order valence-electron chi connectivity index (χ4n) is 4.29. The molecule has 0 radical (unpaired) electrons. The molecule has 1 saturated carbocycles. The number of hydrogen-bond donors (Lipinski definition) is 1. The molecule has 1 aliphatic heterocycles. The number of halogens is 5. The molecule has 1 aliphatic carbocycles. The molecular weight excluding hydrogens is 421 g/mol. The summed E-state index contributed by atoms with van der Waals surface area (Å²) in [5, 5.41) is 2.09. The van der Waals surface area contributed by atoms with Crippen molar-refractivity contribution in [1.29, 1.82) is 0 Å². The Labute approximate surface area is 178 Å². The molecule has 0 spiro atoms. The summed E-state index contributed by atoms with van der Waals surface area (Å²) in [6.45, 7) is 1.92. The summed E-state index contributed by atoms with van der Waals surface area (Å²) in [7, 11) is 0. The number of fused-ring (bicyclic) bond motifs is 1. The Hall–Kier alpha value is -1.97. The predicted octanol–water partition coefficient (Wildman–Crippen LogP) is 3.75.